The van der Waals surface area contributed by atoms with Crippen LogP contribution in [0.15, 0.2) is 0 Å². The topological polar surface area (TPSA) is 112 Å². The zero-order valence-electron chi connectivity index (χ0n) is 25.0. The van der Waals surface area contributed by atoms with Gasteiger partial charge < -0.3 is 28.7 Å². The van der Waals surface area contributed by atoms with Gasteiger partial charge in [-0.1, -0.05) is 5.92 Å². The van der Waals surface area contributed by atoms with Crippen LogP contribution in [0.2, 0.25) is 0 Å². The molecule has 0 radical (unpaired) electrons. The molecule has 0 aromatic rings. The highest BCUT2D eigenvalue weighted by Crippen LogP contribution is 2.33. The van der Waals surface area contributed by atoms with E-state index >= 15 is 0 Å². The van der Waals surface area contributed by atoms with E-state index in [0.29, 0.717) is 51.9 Å². The molecule has 0 aliphatic carbocycles. The molecule has 2 aliphatic rings. The molecule has 0 spiro atoms. The second kappa shape index (κ2) is 18.1. The molecule has 0 N–H and O–H groups in total. The first-order valence-electron chi connectivity index (χ1n) is 12.9. The van der Waals surface area contributed by atoms with Crippen molar-refractivity contribution in [2.75, 3.05) is 40.4 Å². The van der Waals surface area contributed by atoms with Gasteiger partial charge in [0.05, 0.1) is 20.1 Å². The molecule has 0 aromatic heterocycles. The van der Waals surface area contributed by atoms with E-state index in [9.17, 15) is 19.2 Å². The third-order valence-electron chi connectivity index (χ3n) is 5.85. The molecule has 2 rings (SSSR count). The zero-order chi connectivity index (χ0) is 31.9. The lowest BCUT2D eigenvalue weighted by atomic mass is 9.79. The van der Waals surface area contributed by atoms with Crippen LogP contribution in [0.1, 0.15) is 67.2 Å². The second-order valence-electron chi connectivity index (χ2n) is 11.2. The summed E-state index contributed by atoms with van der Waals surface area (Å²) in [5, 5.41) is 6.10. The predicted octanol–water partition coefficient (Wildman–Crippen LogP) is 5.57. The minimum Gasteiger partial charge on any atom is -0.469 e. The molecule has 0 atom stereocenters. The summed E-state index contributed by atoms with van der Waals surface area (Å²) < 4.78 is 20.1. The van der Waals surface area contributed by atoms with Gasteiger partial charge in [-0.3, -0.25) is 9.59 Å². The Hall–Kier alpha value is -2.53. The van der Waals surface area contributed by atoms with Gasteiger partial charge in [-0.25, -0.2) is 9.59 Å². The van der Waals surface area contributed by atoms with E-state index < -0.39 is 22.6 Å². The van der Waals surface area contributed by atoms with Gasteiger partial charge in [-0.05, 0) is 102 Å². The summed E-state index contributed by atoms with van der Waals surface area (Å²) in [6.07, 6.45) is 1.38. The fourth-order valence-corrected chi connectivity index (χ4v) is 4.04. The van der Waals surface area contributed by atoms with Crippen molar-refractivity contribution in [3.05, 3.63) is 0 Å². The fraction of sp³-hybridized carbons (Fsp3) is 0.714. The van der Waals surface area contributed by atoms with Crippen LogP contribution in [0.4, 0.5) is 9.59 Å². The Morgan fingerprint density at radius 3 is 1.44 bits per heavy atom. The molecular formula is C28H41Cl3N2O8. The number of piperidine rings is 2. The third kappa shape index (κ3) is 14.8. The number of likely N-dealkylation sites (tertiary alicyclic amines) is 2. The number of rotatable bonds is 2. The number of amides is 2. The van der Waals surface area contributed by atoms with E-state index in [1.807, 2.05) is 52.3 Å². The van der Waals surface area contributed by atoms with E-state index in [1.54, 1.807) is 9.80 Å². The third-order valence-corrected chi connectivity index (χ3v) is 6.23. The monoisotopic (exact) mass is 638 g/mol. The summed E-state index contributed by atoms with van der Waals surface area (Å²) >= 11 is 14.8. The number of halogens is 3. The number of hydrogen-bond donors (Lipinski definition) is 0. The Morgan fingerprint density at radius 1 is 0.707 bits per heavy atom. The molecular weight excluding hydrogens is 599 g/mol. The minimum absolute atomic E-state index is 0.0845. The van der Waals surface area contributed by atoms with Gasteiger partial charge in [-0.2, -0.15) is 0 Å². The number of hydrogen-bond acceptors (Lipinski definition) is 8. The molecule has 0 unspecified atom stereocenters. The lowest BCUT2D eigenvalue weighted by molar-refractivity contribution is -0.151. The van der Waals surface area contributed by atoms with E-state index in [4.69, 9.17) is 53.8 Å². The van der Waals surface area contributed by atoms with Gasteiger partial charge in [-0.15, -0.1) is 0 Å². The number of carbonyl (C=O) groups excluding carboxylic acids is 4. The van der Waals surface area contributed by atoms with Gasteiger partial charge in [0.25, 0.3) is 0 Å². The molecule has 2 amide bonds. The first kappa shape index (κ1) is 38.5. The molecule has 13 heteroatoms. The highest BCUT2D eigenvalue weighted by Gasteiger charge is 2.43. The fourth-order valence-electron chi connectivity index (χ4n) is 3.85. The SMILES string of the molecule is COC(=O)C1(C#CCl)CCN(C(=O)OC(C)(C)C)CC1.COC(=O)C1CCN(C(=O)OC(C)(C)C)CC1.ClC#CCl. The number of ether oxygens (including phenoxy) is 4. The zero-order valence-corrected chi connectivity index (χ0v) is 27.3. The number of nitrogens with zero attached hydrogens (tertiary/aromatic N) is 2. The average Bonchev–Trinajstić information content (AvgIpc) is 2.91. The molecule has 232 valence electrons. The molecule has 2 heterocycles. The highest BCUT2D eigenvalue weighted by molar-refractivity contribution is 6.38. The molecule has 2 aliphatic heterocycles. The maximum atomic E-state index is 11.9. The van der Waals surface area contributed by atoms with Gasteiger partial charge >= 0.3 is 24.1 Å². The normalized spacial score (nSPS) is 16.4. The largest absolute Gasteiger partial charge is 0.469 e. The van der Waals surface area contributed by atoms with Crippen LogP contribution in [-0.2, 0) is 28.5 Å². The van der Waals surface area contributed by atoms with Crippen molar-refractivity contribution in [1.82, 2.24) is 9.80 Å². The molecule has 0 bridgehead atoms. The Kier molecular flexibility index (Phi) is 17.0. The number of methoxy groups -OCH3 is 2. The van der Waals surface area contributed by atoms with Gasteiger partial charge in [0.1, 0.15) is 16.6 Å². The van der Waals surface area contributed by atoms with Crippen molar-refractivity contribution in [3.8, 4) is 22.1 Å². The lowest BCUT2D eigenvalue weighted by Crippen LogP contribution is -2.47. The van der Waals surface area contributed by atoms with Crippen LogP contribution in [-0.4, -0.2) is 85.5 Å². The minimum atomic E-state index is -0.922. The lowest BCUT2D eigenvalue weighted by Gasteiger charge is -2.36. The van der Waals surface area contributed by atoms with E-state index in [2.05, 4.69) is 11.3 Å². The van der Waals surface area contributed by atoms with Gasteiger partial charge in [0, 0.05) is 42.3 Å². The number of esters is 2. The maximum absolute atomic E-state index is 11.9. The first-order chi connectivity index (χ1) is 19.0. The van der Waals surface area contributed by atoms with Crippen LogP contribution in [0.5, 0.6) is 0 Å². The van der Waals surface area contributed by atoms with Crippen LogP contribution in [0.3, 0.4) is 0 Å². The van der Waals surface area contributed by atoms with E-state index in [0.717, 1.165) is 0 Å². The first-order valence-corrected chi connectivity index (χ1v) is 14.1. The van der Waals surface area contributed by atoms with Crippen LogP contribution < -0.4 is 0 Å². The Balaban J connectivity index is 0.000000697. The summed E-state index contributed by atoms with van der Waals surface area (Å²) in [7, 11) is 2.71. The molecule has 41 heavy (non-hydrogen) atoms. The quantitative estimate of drug-likeness (QED) is 0.219. The van der Waals surface area contributed by atoms with Crippen molar-refractivity contribution in [1.29, 1.82) is 0 Å². The molecule has 0 saturated carbocycles. The summed E-state index contributed by atoms with van der Waals surface area (Å²) in [5.41, 5.74) is -1.94. The molecule has 2 saturated heterocycles. The molecule has 2 fully saturated rings. The average molecular weight is 640 g/mol. The van der Waals surface area contributed by atoms with Crippen LogP contribution in [0, 0.1) is 33.4 Å². The highest BCUT2D eigenvalue weighted by atomic mass is 35.5. The van der Waals surface area contributed by atoms with Crippen LogP contribution in [0.25, 0.3) is 0 Å². The maximum Gasteiger partial charge on any atom is 0.410 e. The Morgan fingerprint density at radius 2 is 1.12 bits per heavy atom. The van der Waals surface area contributed by atoms with Crippen molar-refractivity contribution in [2.24, 2.45) is 11.3 Å². The van der Waals surface area contributed by atoms with E-state index in [-0.39, 0.29) is 24.1 Å². The van der Waals surface area contributed by atoms with Gasteiger partial charge in [0.2, 0.25) is 0 Å². The Bertz CT molecular complexity index is 994. The van der Waals surface area contributed by atoms with Crippen molar-refractivity contribution >= 4 is 58.9 Å². The molecule has 0 aromatic carbocycles. The second-order valence-corrected chi connectivity index (χ2v) is 11.8. The number of carbonyl (C=O) groups is 4. The summed E-state index contributed by atoms with van der Waals surface area (Å²) in [4.78, 5) is 50.1. The van der Waals surface area contributed by atoms with Crippen molar-refractivity contribution < 1.29 is 38.1 Å². The summed E-state index contributed by atoms with van der Waals surface area (Å²) in [5.74, 6) is 2.04. The van der Waals surface area contributed by atoms with Crippen molar-refractivity contribution in [3.63, 3.8) is 0 Å². The van der Waals surface area contributed by atoms with E-state index in [1.165, 1.54) is 14.2 Å². The van der Waals surface area contributed by atoms with Crippen molar-refractivity contribution in [2.45, 2.75) is 78.4 Å². The predicted molar refractivity (Wildman–Crippen MR) is 157 cm³/mol. The van der Waals surface area contributed by atoms with Gasteiger partial charge in [0.15, 0.2) is 0 Å². The Labute approximate surface area is 258 Å². The summed E-state index contributed by atoms with van der Waals surface area (Å²) in [6, 6.07) is 0. The smallest absolute Gasteiger partial charge is 0.410 e. The molecule has 10 nitrogen and oxygen atoms in total. The standard InChI is InChI=1S/C14H20ClNO4.C12H21NO4.C2Cl2/c1-13(2,3)20-12(18)16-9-6-14(5-8-15,7-10-16)11(17)19-4;1-12(2,3)17-11(15)13-7-5-9(6-8-13)10(14)16-4;3-1-2-4/h6-7,9-10H2,1-4H3;9H,5-8H2,1-4H3;. The van der Waals surface area contributed by atoms with Crippen LogP contribution >= 0.6 is 34.8 Å². The summed E-state index contributed by atoms with van der Waals surface area (Å²) in [6.45, 7) is 12.8.